The van der Waals surface area contributed by atoms with Crippen molar-refractivity contribution in [3.63, 3.8) is 0 Å². The Kier molecular flexibility index (Phi) is 4610. The van der Waals surface area contributed by atoms with Gasteiger partial charge in [0.1, 0.15) is 0 Å². The van der Waals surface area contributed by atoms with Crippen molar-refractivity contribution in [1.82, 2.24) is 0 Å². The molecular formula is Co2Li2Mn2Ni2O5. The smallest absolute Gasteiger partial charge is 2.00 e. The van der Waals surface area contributed by atoms with Gasteiger partial charge >= 0.3 is 104 Å². The van der Waals surface area contributed by atoms with Crippen molar-refractivity contribution in [3.8, 4) is 0 Å². The summed E-state index contributed by atoms with van der Waals surface area (Å²) in [5.74, 6) is 0. The molecule has 0 unspecified atom stereocenters. The molecule has 0 bridgehead atoms. The minimum absolute atomic E-state index is 0. The second kappa shape index (κ2) is 223. The molecule has 0 atom stereocenters. The van der Waals surface area contributed by atoms with Crippen molar-refractivity contribution in [2.45, 2.75) is 0 Å². The van der Waals surface area contributed by atoms with Gasteiger partial charge in [-0.15, -0.1) is 0 Å². The Hall–Kier alpha value is 4.03. The van der Waals surface area contributed by atoms with Gasteiger partial charge in [0.2, 0.25) is 0 Å². The van der Waals surface area contributed by atoms with Gasteiger partial charge in [-0.3, -0.25) is 0 Å². The summed E-state index contributed by atoms with van der Waals surface area (Å²) in [4.78, 5) is 0. The summed E-state index contributed by atoms with van der Waals surface area (Å²) in [5, 5.41) is 0. The average molecular weight is 439 g/mol. The molecule has 0 saturated carbocycles. The van der Waals surface area contributed by atoms with Gasteiger partial charge in [-0.1, -0.05) is 0 Å². The fourth-order valence-electron chi connectivity index (χ4n) is 0. The van der Waals surface area contributed by atoms with Crippen LogP contribution in [0.5, 0.6) is 0 Å². The first-order valence-electron chi connectivity index (χ1n) is 0. The second-order valence-electron chi connectivity index (χ2n) is 0. The van der Waals surface area contributed by atoms with Gasteiger partial charge in [0.15, 0.2) is 0 Å². The van der Waals surface area contributed by atoms with Crippen molar-refractivity contribution in [2.75, 3.05) is 0 Å². The largest absolute Gasteiger partial charge is 2.00 e. The topological polar surface area (TPSA) is 142 Å². The molecule has 13 heteroatoms. The van der Waals surface area contributed by atoms with Crippen LogP contribution in [0.4, 0.5) is 0 Å². The summed E-state index contributed by atoms with van der Waals surface area (Å²) in [5.41, 5.74) is 0. The van der Waals surface area contributed by atoms with E-state index in [-0.39, 0.29) is 166 Å². The molecule has 0 spiro atoms. The molecule has 84 valence electrons. The molecule has 0 saturated heterocycles. The third-order valence-electron chi connectivity index (χ3n) is 0. The van der Waals surface area contributed by atoms with Crippen LogP contribution in [0.25, 0.3) is 0 Å². The Morgan fingerprint density at radius 1 is 0.385 bits per heavy atom. The Morgan fingerprint density at radius 3 is 0.385 bits per heavy atom. The van der Waals surface area contributed by atoms with Gasteiger partial charge in [0.05, 0.1) is 0 Å². The van der Waals surface area contributed by atoms with Crippen LogP contribution in [-0.4, -0.2) is 0 Å². The Morgan fingerprint density at radius 2 is 0.385 bits per heavy atom. The van der Waals surface area contributed by atoms with Crippen molar-refractivity contribution >= 4 is 0 Å². The first-order valence-corrected chi connectivity index (χ1v) is 0. The van der Waals surface area contributed by atoms with Crippen molar-refractivity contribution < 1.29 is 166 Å². The summed E-state index contributed by atoms with van der Waals surface area (Å²) < 4.78 is 0. The Bertz CT molecular complexity index is 28.5. The zero-order valence-corrected chi connectivity index (χ0v) is 12.5. The summed E-state index contributed by atoms with van der Waals surface area (Å²) in [7, 11) is 0. The van der Waals surface area contributed by atoms with Crippen LogP contribution < -0.4 is 37.7 Å². The summed E-state index contributed by atoms with van der Waals surface area (Å²) in [6.07, 6.45) is 0. The molecule has 0 amide bonds. The predicted octanol–water partition coefficient (Wildman–Crippen LogP) is -6.60. The third-order valence-corrected chi connectivity index (χ3v) is 0. The summed E-state index contributed by atoms with van der Waals surface area (Å²) in [6, 6.07) is 0. The first kappa shape index (κ1) is 269. The van der Waals surface area contributed by atoms with E-state index in [1.54, 1.807) is 0 Å². The molecule has 0 fully saturated rings. The maximum Gasteiger partial charge on any atom is 2.00 e. The summed E-state index contributed by atoms with van der Waals surface area (Å²) >= 11 is 0. The Labute approximate surface area is 163 Å². The quantitative estimate of drug-likeness (QED) is 0.331. The molecule has 0 N–H and O–H groups in total. The van der Waals surface area contributed by atoms with Gasteiger partial charge in [0, 0.05) is 34.1 Å². The molecule has 0 aromatic rings. The predicted molar refractivity (Wildman–Crippen MR) is 3.43 cm³/mol. The number of rotatable bonds is 0. The van der Waals surface area contributed by atoms with Crippen LogP contribution in [0.1, 0.15) is 0 Å². The van der Waals surface area contributed by atoms with E-state index in [1.807, 2.05) is 0 Å². The standard InChI is InChI=1S/2Co.2Li.2Mn.2Ni.5O/q2*+2;2*+1;;;2*+2;5*-2. The van der Waals surface area contributed by atoms with Crippen LogP contribution in [-0.2, 0) is 128 Å². The first-order chi connectivity index (χ1) is 0. The molecule has 0 aliphatic carbocycles. The maximum atomic E-state index is 0. The normalized spacial score (nSPS) is 0. The molecule has 13 heavy (non-hydrogen) atoms. The second-order valence-corrected chi connectivity index (χ2v) is 0. The fourth-order valence-corrected chi connectivity index (χ4v) is 0. The molecule has 0 aromatic heterocycles. The molecular weight excluding hydrogens is 439 g/mol. The van der Waals surface area contributed by atoms with E-state index in [4.69, 9.17) is 0 Å². The SMILES string of the molecule is [Co+2].[Co+2].[Li+].[Li+].[Mn].[Mn].[Ni+2].[Ni+2].[O-2].[O-2].[O-2].[O-2].[O-2]. The van der Waals surface area contributed by atoms with Gasteiger partial charge < -0.3 is 27.4 Å². The van der Waals surface area contributed by atoms with Gasteiger partial charge in [-0.2, -0.15) is 0 Å². The van der Waals surface area contributed by atoms with Crippen LogP contribution in [0.15, 0.2) is 0 Å². The van der Waals surface area contributed by atoms with E-state index >= 15 is 0 Å². The molecule has 0 aliphatic heterocycles. The molecule has 5 nitrogen and oxygen atoms in total. The van der Waals surface area contributed by atoms with E-state index < -0.39 is 0 Å². The van der Waals surface area contributed by atoms with E-state index in [0.29, 0.717) is 0 Å². The summed E-state index contributed by atoms with van der Waals surface area (Å²) in [6.45, 7) is 0. The average Bonchev–Trinajstić information content (AvgIpc) is 0. The van der Waals surface area contributed by atoms with Crippen molar-refractivity contribution in [2.24, 2.45) is 0 Å². The fraction of sp³-hybridized carbons (Fsp3) is 0. The van der Waals surface area contributed by atoms with E-state index in [1.165, 1.54) is 0 Å². The van der Waals surface area contributed by atoms with E-state index in [2.05, 4.69) is 0 Å². The van der Waals surface area contributed by atoms with Gasteiger partial charge in [-0.25, -0.2) is 0 Å². The maximum absolute atomic E-state index is 0. The Balaban J connectivity index is 0. The molecule has 0 aliphatic rings. The van der Waals surface area contributed by atoms with Crippen LogP contribution in [0, 0.1) is 0 Å². The van der Waals surface area contributed by atoms with Gasteiger partial charge in [-0.05, 0) is 0 Å². The van der Waals surface area contributed by atoms with Crippen LogP contribution >= 0.6 is 0 Å². The molecule has 4 radical (unpaired) electrons. The minimum atomic E-state index is 0. The zero-order chi connectivity index (χ0) is 0. The van der Waals surface area contributed by atoms with Crippen LogP contribution in [0.2, 0.25) is 0 Å². The van der Waals surface area contributed by atoms with E-state index in [9.17, 15) is 0 Å². The zero-order valence-electron chi connectivity index (χ0n) is 6.10. The molecule has 0 aromatic carbocycles. The number of hydrogen-bond acceptors (Lipinski definition) is 0. The van der Waals surface area contributed by atoms with E-state index in [0.717, 1.165) is 0 Å². The number of hydrogen-bond donors (Lipinski definition) is 0. The van der Waals surface area contributed by atoms with Crippen LogP contribution in [0.3, 0.4) is 0 Å². The minimum Gasteiger partial charge on any atom is -2.00 e. The van der Waals surface area contributed by atoms with Gasteiger partial charge in [0.25, 0.3) is 0 Å². The molecule has 0 heterocycles. The van der Waals surface area contributed by atoms with Crippen molar-refractivity contribution in [1.29, 1.82) is 0 Å². The third kappa shape index (κ3) is 194. The molecule has 0 rings (SSSR count). The van der Waals surface area contributed by atoms with Crippen molar-refractivity contribution in [3.05, 3.63) is 0 Å². The monoisotopic (exact) mass is 438 g/mol.